The van der Waals surface area contributed by atoms with Gasteiger partial charge in [-0.1, -0.05) is 48.2 Å². The Bertz CT molecular complexity index is 1260. The van der Waals surface area contributed by atoms with E-state index in [9.17, 15) is 9.59 Å². The number of amides is 2. The summed E-state index contributed by atoms with van der Waals surface area (Å²) in [4.78, 5) is 29.5. The molecule has 0 bridgehead atoms. The molecule has 1 aliphatic carbocycles. The van der Waals surface area contributed by atoms with Crippen LogP contribution < -0.4 is 24.4 Å². The van der Waals surface area contributed by atoms with Crippen molar-refractivity contribution in [2.24, 2.45) is 0 Å². The van der Waals surface area contributed by atoms with Crippen molar-refractivity contribution in [2.75, 3.05) is 25.7 Å². The lowest BCUT2D eigenvalue weighted by molar-refractivity contribution is -0.123. The summed E-state index contributed by atoms with van der Waals surface area (Å²) in [5, 5.41) is 3.18. The number of aromatic nitrogens is 1. The zero-order valence-corrected chi connectivity index (χ0v) is 23.7. The van der Waals surface area contributed by atoms with Crippen molar-refractivity contribution in [2.45, 2.75) is 44.7 Å². The number of nitrogens with one attached hydrogen (secondary N) is 1. The maximum Gasteiger partial charge on any atom is 0.280 e. The second-order valence-electron chi connectivity index (χ2n) is 8.76. The minimum atomic E-state index is -1.06. The zero-order valence-electron chi connectivity index (χ0n) is 21.3. The first kappa shape index (κ1) is 28.0. The SMILES string of the molecule is CCOc1ccc([C@H](C(=O)NC2CCCC2)N(C(=O)c2nsc(Cl)c2Cl)c2cc(OC)cc(OC)c2)cc1. The van der Waals surface area contributed by atoms with Crippen LogP contribution in [0.3, 0.4) is 0 Å². The minimum Gasteiger partial charge on any atom is -0.497 e. The number of benzene rings is 2. The summed E-state index contributed by atoms with van der Waals surface area (Å²) in [6.45, 7) is 2.40. The number of nitrogens with zero attached hydrogens (tertiary/aromatic N) is 2. The van der Waals surface area contributed by atoms with Gasteiger partial charge in [-0.3, -0.25) is 14.5 Å². The molecular weight excluding hydrogens is 549 g/mol. The molecule has 1 N–H and O–H groups in total. The van der Waals surface area contributed by atoms with Gasteiger partial charge in [-0.25, -0.2) is 0 Å². The van der Waals surface area contributed by atoms with Gasteiger partial charge in [-0.2, -0.15) is 4.37 Å². The summed E-state index contributed by atoms with van der Waals surface area (Å²) in [6.07, 6.45) is 3.86. The molecule has 0 radical (unpaired) electrons. The fraction of sp³-hybridized carbons (Fsp3) is 0.370. The molecule has 1 atom stereocenters. The lowest BCUT2D eigenvalue weighted by Crippen LogP contribution is -2.46. The molecule has 3 aromatic rings. The maximum atomic E-state index is 14.1. The number of rotatable bonds is 10. The number of ether oxygens (including phenoxy) is 3. The van der Waals surface area contributed by atoms with E-state index in [0.29, 0.717) is 35.1 Å². The summed E-state index contributed by atoms with van der Waals surface area (Å²) in [5.74, 6) is 0.631. The topological polar surface area (TPSA) is 90.0 Å². The van der Waals surface area contributed by atoms with Gasteiger partial charge in [0.15, 0.2) is 5.69 Å². The van der Waals surface area contributed by atoms with Gasteiger partial charge in [0.1, 0.15) is 32.6 Å². The number of anilines is 1. The monoisotopic (exact) mass is 577 g/mol. The van der Waals surface area contributed by atoms with E-state index in [1.165, 1.54) is 19.1 Å². The van der Waals surface area contributed by atoms with Crippen LogP contribution in [0.15, 0.2) is 42.5 Å². The van der Waals surface area contributed by atoms with E-state index in [1.807, 2.05) is 6.92 Å². The number of halogens is 2. The molecule has 2 amide bonds. The minimum absolute atomic E-state index is 0.0294. The third-order valence-electron chi connectivity index (χ3n) is 6.35. The van der Waals surface area contributed by atoms with Crippen LogP contribution in [0.4, 0.5) is 5.69 Å². The Kier molecular flexibility index (Phi) is 9.35. The van der Waals surface area contributed by atoms with Gasteiger partial charge < -0.3 is 19.5 Å². The van der Waals surface area contributed by atoms with Crippen LogP contribution in [0, 0.1) is 0 Å². The smallest absolute Gasteiger partial charge is 0.280 e. The highest BCUT2D eigenvalue weighted by atomic mass is 35.5. The molecule has 1 heterocycles. The predicted octanol–water partition coefficient (Wildman–Crippen LogP) is 6.31. The van der Waals surface area contributed by atoms with Crippen molar-refractivity contribution < 1.29 is 23.8 Å². The van der Waals surface area contributed by atoms with Crippen LogP contribution in [-0.2, 0) is 4.79 Å². The number of hydrogen-bond donors (Lipinski definition) is 1. The Morgan fingerprint density at radius 1 is 1.05 bits per heavy atom. The van der Waals surface area contributed by atoms with E-state index in [4.69, 9.17) is 37.4 Å². The largest absolute Gasteiger partial charge is 0.497 e. The van der Waals surface area contributed by atoms with Crippen molar-refractivity contribution in [3.63, 3.8) is 0 Å². The van der Waals surface area contributed by atoms with Gasteiger partial charge in [-0.05, 0) is 49.0 Å². The van der Waals surface area contributed by atoms with Crippen LogP contribution >= 0.6 is 34.7 Å². The third-order valence-corrected chi connectivity index (χ3v) is 7.96. The first-order valence-electron chi connectivity index (χ1n) is 12.3. The number of methoxy groups -OCH3 is 2. The molecule has 202 valence electrons. The molecule has 1 fully saturated rings. The Balaban J connectivity index is 1.88. The molecule has 38 heavy (non-hydrogen) atoms. The quantitative estimate of drug-likeness (QED) is 0.303. The van der Waals surface area contributed by atoms with E-state index < -0.39 is 11.9 Å². The molecule has 0 spiro atoms. The van der Waals surface area contributed by atoms with Crippen LogP contribution in [0.5, 0.6) is 17.2 Å². The molecule has 1 saturated carbocycles. The lowest BCUT2D eigenvalue weighted by atomic mass is 10.0. The molecule has 0 unspecified atom stereocenters. The fourth-order valence-electron chi connectivity index (χ4n) is 4.50. The number of hydrogen-bond acceptors (Lipinski definition) is 7. The van der Waals surface area contributed by atoms with E-state index in [-0.39, 0.29) is 27.0 Å². The molecule has 8 nitrogen and oxygen atoms in total. The van der Waals surface area contributed by atoms with Crippen molar-refractivity contribution >= 4 is 52.2 Å². The first-order chi connectivity index (χ1) is 18.4. The van der Waals surface area contributed by atoms with Crippen LogP contribution in [-0.4, -0.2) is 43.1 Å². The summed E-state index contributed by atoms with van der Waals surface area (Å²) in [6, 6.07) is 11.1. The fourth-order valence-corrected chi connectivity index (χ4v) is 5.49. The Morgan fingerprint density at radius 3 is 2.21 bits per heavy atom. The highest BCUT2D eigenvalue weighted by Crippen LogP contribution is 2.38. The molecule has 0 saturated heterocycles. The first-order valence-corrected chi connectivity index (χ1v) is 13.8. The van der Waals surface area contributed by atoms with Gasteiger partial charge in [0.25, 0.3) is 5.91 Å². The van der Waals surface area contributed by atoms with E-state index in [0.717, 1.165) is 37.2 Å². The molecular formula is C27H29Cl2N3O5S. The lowest BCUT2D eigenvalue weighted by Gasteiger charge is -2.32. The zero-order chi connectivity index (χ0) is 27.2. The van der Waals surface area contributed by atoms with E-state index >= 15 is 0 Å². The second kappa shape index (κ2) is 12.7. The maximum absolute atomic E-state index is 14.1. The molecule has 11 heteroatoms. The Labute approximate surface area is 236 Å². The van der Waals surface area contributed by atoms with Gasteiger partial charge >= 0.3 is 0 Å². The molecule has 0 aliphatic heterocycles. The van der Waals surface area contributed by atoms with E-state index in [1.54, 1.807) is 42.5 Å². The van der Waals surface area contributed by atoms with Gasteiger partial charge in [0.2, 0.25) is 5.91 Å². The summed E-state index contributed by atoms with van der Waals surface area (Å²) < 4.78 is 20.9. The van der Waals surface area contributed by atoms with Crippen molar-refractivity contribution in [1.82, 2.24) is 9.69 Å². The normalized spacial score (nSPS) is 14.1. The second-order valence-corrected chi connectivity index (χ2v) is 10.5. The molecule has 4 rings (SSSR count). The summed E-state index contributed by atoms with van der Waals surface area (Å²) in [7, 11) is 3.02. The average Bonchev–Trinajstić information content (AvgIpc) is 3.56. The standard InChI is InChI=1S/C27H29Cl2N3O5S/c1-4-37-19-11-9-16(10-12-19)24(26(33)30-17-7-5-6-8-17)32(27(34)23-22(28)25(29)38-31-23)18-13-20(35-2)15-21(14-18)36-3/h9-15,17,24H,4-8H2,1-3H3,(H,30,33)/t24-/m1/s1. The van der Waals surface area contributed by atoms with Crippen molar-refractivity contribution in [1.29, 1.82) is 0 Å². The average molecular weight is 579 g/mol. The molecule has 2 aromatic carbocycles. The van der Waals surface area contributed by atoms with Crippen LogP contribution in [0.25, 0.3) is 0 Å². The number of carbonyl (C=O) groups excluding carboxylic acids is 2. The predicted molar refractivity (Wildman–Crippen MR) is 149 cm³/mol. The Morgan fingerprint density at radius 2 is 1.68 bits per heavy atom. The summed E-state index contributed by atoms with van der Waals surface area (Å²) >= 11 is 13.4. The third kappa shape index (κ3) is 6.17. The molecule has 1 aromatic heterocycles. The highest BCUT2D eigenvalue weighted by Gasteiger charge is 2.37. The van der Waals surface area contributed by atoms with Crippen LogP contribution in [0.1, 0.15) is 54.7 Å². The Hall–Kier alpha value is -3.01. The van der Waals surface area contributed by atoms with Crippen molar-refractivity contribution in [3.05, 3.63) is 63.1 Å². The van der Waals surface area contributed by atoms with Gasteiger partial charge in [0, 0.05) is 24.2 Å². The van der Waals surface area contributed by atoms with Crippen LogP contribution in [0.2, 0.25) is 9.36 Å². The van der Waals surface area contributed by atoms with E-state index in [2.05, 4.69) is 9.69 Å². The van der Waals surface area contributed by atoms with Gasteiger partial charge in [0.05, 0.1) is 26.5 Å². The summed E-state index contributed by atoms with van der Waals surface area (Å²) in [5.41, 5.74) is 0.899. The van der Waals surface area contributed by atoms with Gasteiger partial charge in [-0.15, -0.1) is 0 Å². The molecule has 1 aliphatic rings. The highest BCUT2D eigenvalue weighted by molar-refractivity contribution is 7.11. The number of carbonyl (C=O) groups is 2. The van der Waals surface area contributed by atoms with Crippen molar-refractivity contribution in [3.8, 4) is 17.2 Å².